The fourth-order valence-corrected chi connectivity index (χ4v) is 4.07. The summed E-state index contributed by atoms with van der Waals surface area (Å²) in [6, 6.07) is 23.9. The van der Waals surface area contributed by atoms with Gasteiger partial charge >= 0.3 is 0 Å². The quantitative estimate of drug-likeness (QED) is 0.275. The number of hydrazone groups is 1. The van der Waals surface area contributed by atoms with Gasteiger partial charge in [-0.2, -0.15) is 18.6 Å². The molecule has 0 amide bonds. The maximum absolute atomic E-state index is 12.6. The average Bonchev–Trinajstić information content (AvgIpc) is 3.28. The van der Waals surface area contributed by atoms with Gasteiger partial charge < -0.3 is 4.74 Å². The first-order chi connectivity index (χ1) is 16.5. The molecule has 0 aliphatic heterocycles. The predicted molar refractivity (Wildman–Crippen MR) is 134 cm³/mol. The van der Waals surface area contributed by atoms with Gasteiger partial charge in [-0.15, -0.1) is 0 Å². The number of sulfonamides is 1. The second-order valence-corrected chi connectivity index (χ2v) is 9.41. The van der Waals surface area contributed by atoms with Crippen LogP contribution in [-0.4, -0.2) is 31.0 Å². The highest BCUT2D eigenvalue weighted by atomic mass is 32.2. The standard InChI is InChI=1S/C26H26N4O3S/c1-3-17-33-24-13-11-21(12-14-24)26-22(19-30(28-26)23-7-5-4-6-8-23)18-27-29-34(31,32)25-15-9-20(2)10-16-25/h4-16,18-19,29H,3,17H2,1-2H3/b27-18+. The van der Waals surface area contributed by atoms with Crippen molar-refractivity contribution in [1.29, 1.82) is 0 Å². The van der Waals surface area contributed by atoms with Crippen LogP contribution in [0.5, 0.6) is 5.75 Å². The lowest BCUT2D eigenvalue weighted by Crippen LogP contribution is -2.18. The molecule has 0 aliphatic carbocycles. The van der Waals surface area contributed by atoms with E-state index in [-0.39, 0.29) is 4.90 Å². The van der Waals surface area contributed by atoms with Crippen LogP contribution >= 0.6 is 0 Å². The van der Waals surface area contributed by atoms with Crippen molar-refractivity contribution < 1.29 is 13.2 Å². The van der Waals surface area contributed by atoms with Crippen LogP contribution in [0.4, 0.5) is 0 Å². The highest BCUT2D eigenvalue weighted by molar-refractivity contribution is 7.89. The predicted octanol–water partition coefficient (Wildman–Crippen LogP) is 4.95. The van der Waals surface area contributed by atoms with Crippen LogP contribution in [0.1, 0.15) is 24.5 Å². The fraction of sp³-hybridized carbons (Fsp3) is 0.154. The van der Waals surface area contributed by atoms with E-state index in [1.54, 1.807) is 28.9 Å². The van der Waals surface area contributed by atoms with Gasteiger partial charge in [0.25, 0.3) is 10.0 Å². The molecule has 1 aromatic heterocycles. The Morgan fingerprint density at radius 1 is 1.00 bits per heavy atom. The van der Waals surface area contributed by atoms with Crippen LogP contribution in [0.15, 0.2) is 95.1 Å². The summed E-state index contributed by atoms with van der Waals surface area (Å²) >= 11 is 0. The minimum Gasteiger partial charge on any atom is -0.494 e. The van der Waals surface area contributed by atoms with Crippen LogP contribution in [0.25, 0.3) is 16.9 Å². The molecule has 4 aromatic rings. The van der Waals surface area contributed by atoms with Gasteiger partial charge in [0, 0.05) is 17.3 Å². The molecular formula is C26H26N4O3S. The smallest absolute Gasteiger partial charge is 0.276 e. The molecule has 0 fully saturated rings. The second-order valence-electron chi connectivity index (χ2n) is 7.75. The molecule has 7 nitrogen and oxygen atoms in total. The summed E-state index contributed by atoms with van der Waals surface area (Å²) in [6.45, 7) is 4.61. The number of nitrogens with zero attached hydrogens (tertiary/aromatic N) is 3. The van der Waals surface area contributed by atoms with E-state index in [4.69, 9.17) is 9.84 Å². The Morgan fingerprint density at radius 2 is 1.71 bits per heavy atom. The van der Waals surface area contributed by atoms with E-state index in [1.807, 2.05) is 67.7 Å². The van der Waals surface area contributed by atoms with Crippen molar-refractivity contribution in [2.45, 2.75) is 25.2 Å². The minimum atomic E-state index is -3.78. The molecule has 0 saturated carbocycles. The first-order valence-electron chi connectivity index (χ1n) is 11.0. The van der Waals surface area contributed by atoms with E-state index in [2.05, 4.69) is 16.9 Å². The van der Waals surface area contributed by atoms with E-state index in [0.717, 1.165) is 29.0 Å². The zero-order valence-corrected chi connectivity index (χ0v) is 19.9. The normalized spacial score (nSPS) is 11.6. The largest absolute Gasteiger partial charge is 0.494 e. The number of aryl methyl sites for hydroxylation is 1. The fourth-order valence-electron chi connectivity index (χ4n) is 3.28. The monoisotopic (exact) mass is 474 g/mol. The second kappa shape index (κ2) is 10.4. The lowest BCUT2D eigenvalue weighted by atomic mass is 10.1. The third-order valence-corrected chi connectivity index (χ3v) is 6.31. The van der Waals surface area contributed by atoms with E-state index < -0.39 is 10.0 Å². The van der Waals surface area contributed by atoms with Crippen molar-refractivity contribution in [3.63, 3.8) is 0 Å². The molecule has 0 unspecified atom stereocenters. The summed E-state index contributed by atoms with van der Waals surface area (Å²) in [5, 5.41) is 8.76. The SMILES string of the molecule is CCCOc1ccc(-c2nn(-c3ccccc3)cc2/C=N/NS(=O)(=O)c2ccc(C)cc2)cc1. The van der Waals surface area contributed by atoms with E-state index >= 15 is 0 Å². The summed E-state index contributed by atoms with van der Waals surface area (Å²) in [5.41, 5.74) is 4.06. The molecule has 4 rings (SSSR count). The molecule has 0 radical (unpaired) electrons. The van der Waals surface area contributed by atoms with Gasteiger partial charge in [-0.3, -0.25) is 0 Å². The first-order valence-corrected chi connectivity index (χ1v) is 12.4. The molecule has 34 heavy (non-hydrogen) atoms. The molecule has 0 saturated heterocycles. The molecule has 0 spiro atoms. The van der Waals surface area contributed by atoms with Crippen LogP contribution < -0.4 is 9.57 Å². The maximum atomic E-state index is 12.6. The summed E-state index contributed by atoms with van der Waals surface area (Å²) in [7, 11) is -3.78. The molecule has 1 heterocycles. The van der Waals surface area contributed by atoms with Crippen LogP contribution in [0.3, 0.4) is 0 Å². The number of para-hydroxylation sites is 1. The molecule has 0 bridgehead atoms. The zero-order valence-electron chi connectivity index (χ0n) is 19.0. The Hall–Kier alpha value is -3.91. The van der Waals surface area contributed by atoms with Crippen molar-refractivity contribution >= 4 is 16.2 Å². The van der Waals surface area contributed by atoms with E-state index in [9.17, 15) is 8.42 Å². The highest BCUT2D eigenvalue weighted by Gasteiger charge is 2.14. The summed E-state index contributed by atoms with van der Waals surface area (Å²) in [6.07, 6.45) is 4.22. The Bertz CT molecular complexity index is 1360. The summed E-state index contributed by atoms with van der Waals surface area (Å²) in [5.74, 6) is 0.786. The lowest BCUT2D eigenvalue weighted by Gasteiger charge is -2.05. The third kappa shape index (κ3) is 5.52. The average molecular weight is 475 g/mol. The Balaban J connectivity index is 1.64. The topological polar surface area (TPSA) is 85.6 Å². The number of ether oxygens (including phenoxy) is 1. The number of nitrogens with one attached hydrogen (secondary N) is 1. The summed E-state index contributed by atoms with van der Waals surface area (Å²) in [4.78, 5) is 2.44. The molecule has 3 aromatic carbocycles. The number of aromatic nitrogens is 2. The van der Waals surface area contributed by atoms with Gasteiger partial charge in [0.05, 0.1) is 23.4 Å². The van der Waals surface area contributed by atoms with Crippen molar-refractivity contribution in [3.8, 4) is 22.7 Å². The Kier molecular flexibility index (Phi) is 7.08. The van der Waals surface area contributed by atoms with Gasteiger partial charge in [-0.1, -0.05) is 42.8 Å². The van der Waals surface area contributed by atoms with Gasteiger partial charge in [-0.25, -0.2) is 9.51 Å². The van der Waals surface area contributed by atoms with Crippen LogP contribution in [0.2, 0.25) is 0 Å². The van der Waals surface area contributed by atoms with Crippen molar-refractivity contribution in [3.05, 3.63) is 96.2 Å². The van der Waals surface area contributed by atoms with Crippen LogP contribution in [0, 0.1) is 6.92 Å². The van der Waals surface area contributed by atoms with E-state index in [1.165, 1.54) is 6.21 Å². The van der Waals surface area contributed by atoms with Gasteiger partial charge in [0.1, 0.15) is 11.4 Å². The van der Waals surface area contributed by atoms with Crippen molar-refractivity contribution in [2.75, 3.05) is 6.61 Å². The molecule has 8 heteroatoms. The number of hydrogen-bond acceptors (Lipinski definition) is 5. The Labute approximate surface area is 199 Å². The Morgan fingerprint density at radius 3 is 2.38 bits per heavy atom. The van der Waals surface area contributed by atoms with E-state index in [0.29, 0.717) is 17.9 Å². The van der Waals surface area contributed by atoms with Crippen molar-refractivity contribution in [2.24, 2.45) is 5.10 Å². The molecule has 0 aliphatic rings. The molecular weight excluding hydrogens is 448 g/mol. The molecule has 174 valence electrons. The zero-order chi connectivity index (χ0) is 24.0. The van der Waals surface area contributed by atoms with Gasteiger partial charge in [0.2, 0.25) is 0 Å². The number of benzene rings is 3. The maximum Gasteiger partial charge on any atom is 0.276 e. The molecule has 0 atom stereocenters. The lowest BCUT2D eigenvalue weighted by molar-refractivity contribution is 0.317. The van der Waals surface area contributed by atoms with Gasteiger partial charge in [-0.05, 0) is 61.9 Å². The molecule has 1 N–H and O–H groups in total. The van der Waals surface area contributed by atoms with Crippen LogP contribution in [-0.2, 0) is 10.0 Å². The first kappa shape index (κ1) is 23.3. The number of rotatable bonds is 9. The third-order valence-electron chi connectivity index (χ3n) is 5.07. The number of hydrogen-bond donors (Lipinski definition) is 1. The summed E-state index contributed by atoms with van der Waals surface area (Å²) < 4.78 is 32.6. The van der Waals surface area contributed by atoms with Crippen molar-refractivity contribution in [1.82, 2.24) is 14.6 Å². The van der Waals surface area contributed by atoms with Gasteiger partial charge in [0.15, 0.2) is 0 Å². The highest BCUT2D eigenvalue weighted by Crippen LogP contribution is 2.25. The minimum absolute atomic E-state index is 0.151.